The second kappa shape index (κ2) is 34.5. The summed E-state index contributed by atoms with van der Waals surface area (Å²) in [6.45, 7) is 8.29. The highest BCUT2D eigenvalue weighted by atomic mass is 16.6. The summed E-state index contributed by atoms with van der Waals surface area (Å²) < 4.78 is 47.7. The quantitative estimate of drug-likeness (QED) is 0.0308. The minimum Gasteiger partial charge on any atom is -0.458 e. The standard InChI is InChI=1S/C108H76N4O20/c1-107(2,67-30-38-75(39-31-67)125-83-46-50-87-91(59-83)99(117)109(95(87)113)71-22-12-26-79(55-71)129-103(121)63-16-7-5-8-17-63)69-34-42-77(43-35-69)127-85-48-52-89-93(61-85)101(119)111(97(89)115)73-24-14-28-81(57-73)131-105(123)65-20-11-21-66(54-65)106(124)132-82-29-15-25-74(58-82)112-98(116)90-53-49-86(62-94(90)102(112)120)128-78-44-36-70(37-45-78)108(3,4)68-32-40-76(41-33-68)126-84-47-51-88-92(60-84)100(118)110(96(88)114)72-23-13-27-80(56-72)130-104(122)64-18-9-6-10-19-64/h5-20,22-62,66,87,89,91,93H,21H2,1-4H3. The van der Waals surface area contributed by atoms with Crippen LogP contribution in [0.15, 0.2) is 363 Å². The van der Waals surface area contributed by atoms with Gasteiger partial charge in [-0.15, -0.1) is 0 Å². The Labute approximate surface area is 755 Å². The normalized spacial score (nSPS) is 17.7. The maximum Gasteiger partial charge on any atom is 0.343 e. The minimum absolute atomic E-state index is 0.0166. The summed E-state index contributed by atoms with van der Waals surface area (Å²) in [7, 11) is 0. The number of allylic oxidation sites excluding steroid dienone is 3. The highest BCUT2D eigenvalue weighted by Crippen LogP contribution is 2.45. The molecule has 12 aromatic rings. The third-order valence-corrected chi connectivity index (χ3v) is 24.2. The molecule has 132 heavy (non-hydrogen) atoms. The van der Waals surface area contributed by atoms with Crippen LogP contribution in [0.3, 0.4) is 0 Å². The first-order valence-corrected chi connectivity index (χ1v) is 42.3. The van der Waals surface area contributed by atoms with Crippen molar-refractivity contribution >= 4 is 93.9 Å². The molecule has 24 heteroatoms. The lowest BCUT2D eigenvalue weighted by Crippen LogP contribution is -2.30. The van der Waals surface area contributed by atoms with E-state index in [-0.39, 0.29) is 80.0 Å². The first kappa shape index (κ1) is 84.2. The lowest BCUT2D eigenvalue weighted by atomic mass is 9.78. The van der Waals surface area contributed by atoms with Crippen LogP contribution in [0.1, 0.15) is 119 Å². The number of ether oxygens (including phenoxy) is 8. The summed E-state index contributed by atoms with van der Waals surface area (Å²) >= 11 is 0. The molecule has 0 radical (unpaired) electrons. The van der Waals surface area contributed by atoms with Crippen LogP contribution in [0.25, 0.3) is 0 Å². The van der Waals surface area contributed by atoms with Crippen LogP contribution in [-0.2, 0) is 39.6 Å². The number of benzene rings is 12. The fourth-order valence-corrected chi connectivity index (χ4v) is 16.9. The number of fused-ring (bicyclic) bond motifs is 4. The van der Waals surface area contributed by atoms with E-state index in [4.69, 9.17) is 37.9 Å². The fraction of sp³-hybridized carbons (Fsp3) is 0.111. The zero-order valence-electron chi connectivity index (χ0n) is 71.0. The van der Waals surface area contributed by atoms with E-state index in [0.29, 0.717) is 57.1 Å². The molecule has 5 unspecified atom stereocenters. The van der Waals surface area contributed by atoms with Crippen LogP contribution in [-0.4, -0.2) is 71.1 Å². The zero-order valence-corrected chi connectivity index (χ0v) is 71.0. The Balaban J connectivity index is 0.432. The first-order valence-electron chi connectivity index (χ1n) is 42.3. The summed E-state index contributed by atoms with van der Waals surface area (Å²) in [4.78, 5) is 169. The van der Waals surface area contributed by atoms with Gasteiger partial charge in [-0.05, 0) is 211 Å². The maximum absolute atomic E-state index is 14.2. The van der Waals surface area contributed by atoms with Crippen molar-refractivity contribution < 1.29 is 95.4 Å². The number of rotatable bonds is 24. The van der Waals surface area contributed by atoms with E-state index in [1.54, 1.807) is 182 Å². The second-order valence-electron chi connectivity index (χ2n) is 33.2. The lowest BCUT2D eigenvalue weighted by Gasteiger charge is -2.26. The number of hydrogen-bond acceptors (Lipinski definition) is 20. The van der Waals surface area contributed by atoms with Gasteiger partial charge in [-0.25, -0.2) is 34.0 Å². The smallest absolute Gasteiger partial charge is 0.343 e. The summed E-state index contributed by atoms with van der Waals surface area (Å²) in [6, 6.07) is 80.7. The molecule has 0 saturated carbocycles. The molecule has 8 amide bonds. The van der Waals surface area contributed by atoms with E-state index in [1.165, 1.54) is 78.9 Å². The Morgan fingerprint density at radius 3 is 0.992 bits per heavy atom. The number of carbonyl (C=O) groups excluding carboxylic acids is 12. The van der Waals surface area contributed by atoms with Gasteiger partial charge in [0.15, 0.2) is 0 Å². The highest BCUT2D eigenvalue weighted by molar-refractivity contribution is 6.36. The molecular formula is C108H76N4O20. The maximum atomic E-state index is 14.2. The van der Waals surface area contributed by atoms with Crippen molar-refractivity contribution in [1.82, 2.24) is 0 Å². The summed E-state index contributed by atoms with van der Waals surface area (Å²) in [6.07, 6.45) is 14.6. The Hall–Kier alpha value is -17.3. The van der Waals surface area contributed by atoms with Crippen LogP contribution >= 0.6 is 0 Å². The van der Waals surface area contributed by atoms with Crippen molar-refractivity contribution in [2.24, 2.45) is 29.6 Å². The number of hydrogen-bond donors (Lipinski definition) is 0. The van der Waals surface area contributed by atoms with Crippen molar-refractivity contribution in [3.05, 3.63) is 419 Å². The molecule has 2 fully saturated rings. The van der Waals surface area contributed by atoms with Crippen molar-refractivity contribution in [1.29, 1.82) is 0 Å². The number of imide groups is 4. The molecule has 0 aromatic heterocycles. The van der Waals surface area contributed by atoms with Crippen LogP contribution in [0.4, 0.5) is 22.7 Å². The molecule has 648 valence electrons. The highest BCUT2D eigenvalue weighted by Gasteiger charge is 2.50. The van der Waals surface area contributed by atoms with Crippen LogP contribution in [0, 0.1) is 29.6 Å². The molecule has 0 spiro atoms. The largest absolute Gasteiger partial charge is 0.458 e. The average Bonchev–Trinajstić information content (AvgIpc) is 1.63. The van der Waals surface area contributed by atoms with Gasteiger partial charge in [0, 0.05) is 35.1 Å². The van der Waals surface area contributed by atoms with Crippen LogP contribution in [0.5, 0.6) is 57.5 Å². The number of amides is 8. The SMILES string of the molecule is CC(C)(c1ccc(OC2=CC3C(=O)N(c4cccc(OC(=O)C5=CC(C(=O)Oc6cccc(N7C(=O)c8ccc(Oc9ccc(C(C)(C)c%10ccc(Oc%11ccc%12c(c%11)C(=O)N(c%11cccc(OC(=O)c%13ccccc%13)c%11)C%12=O)cc%10)cc9)cc8C7=O)c6)CC=C5)c4)C(=O)C3C=C2)cc1)c1ccc(OC2=CC3C(=O)N(c4cccc(OC(=O)c5ccccc5)c4)C(=O)C3C=C2)cc1. The molecule has 3 aliphatic carbocycles. The third kappa shape index (κ3) is 16.4. The van der Waals surface area contributed by atoms with Gasteiger partial charge in [-0.1, -0.05) is 167 Å². The van der Waals surface area contributed by atoms with Crippen molar-refractivity contribution in [2.75, 3.05) is 19.6 Å². The van der Waals surface area contributed by atoms with Gasteiger partial charge in [0.1, 0.15) is 69.0 Å². The molecule has 19 rings (SSSR count). The molecule has 4 heterocycles. The second-order valence-corrected chi connectivity index (χ2v) is 33.2. The Bertz CT molecular complexity index is 7050. The Kier molecular flexibility index (Phi) is 22.0. The zero-order chi connectivity index (χ0) is 91.4. The van der Waals surface area contributed by atoms with Crippen molar-refractivity contribution in [3.63, 3.8) is 0 Å². The third-order valence-electron chi connectivity index (χ3n) is 24.2. The molecule has 4 aliphatic heterocycles. The fourth-order valence-electron chi connectivity index (χ4n) is 16.9. The van der Waals surface area contributed by atoms with Crippen LogP contribution < -0.4 is 57.5 Å². The predicted octanol–water partition coefficient (Wildman–Crippen LogP) is 19.3. The minimum atomic E-state index is -0.962. The van der Waals surface area contributed by atoms with Gasteiger partial charge in [-0.2, -0.15) is 0 Å². The number of anilines is 4. The molecule has 0 N–H and O–H groups in total. The van der Waals surface area contributed by atoms with Gasteiger partial charge >= 0.3 is 23.9 Å². The van der Waals surface area contributed by atoms with E-state index in [1.807, 2.05) is 84.9 Å². The average molecular weight is 1750 g/mol. The molecule has 7 aliphatic rings. The van der Waals surface area contributed by atoms with Gasteiger partial charge in [0.25, 0.3) is 23.6 Å². The van der Waals surface area contributed by atoms with Crippen molar-refractivity contribution in [3.8, 4) is 57.5 Å². The van der Waals surface area contributed by atoms with E-state index < -0.39 is 112 Å². The number of esters is 4. The van der Waals surface area contributed by atoms with E-state index in [2.05, 4.69) is 27.7 Å². The van der Waals surface area contributed by atoms with E-state index >= 15 is 0 Å². The monoisotopic (exact) mass is 1750 g/mol. The van der Waals surface area contributed by atoms with Gasteiger partial charge in [-0.3, -0.25) is 43.2 Å². The van der Waals surface area contributed by atoms with Gasteiger partial charge in [0.05, 0.1) is 91.3 Å². The van der Waals surface area contributed by atoms with Crippen molar-refractivity contribution in [2.45, 2.75) is 44.9 Å². The lowest BCUT2D eigenvalue weighted by molar-refractivity contribution is -0.137. The molecule has 0 bridgehead atoms. The predicted molar refractivity (Wildman–Crippen MR) is 485 cm³/mol. The Morgan fingerprint density at radius 1 is 0.288 bits per heavy atom. The van der Waals surface area contributed by atoms with Gasteiger partial charge < -0.3 is 37.9 Å². The number of carbonyl (C=O) groups is 12. The van der Waals surface area contributed by atoms with Gasteiger partial charge in [0.2, 0.25) is 23.6 Å². The molecular weight excluding hydrogens is 1670 g/mol. The molecule has 24 nitrogen and oxygen atoms in total. The summed E-state index contributed by atoms with van der Waals surface area (Å²) in [5, 5.41) is 0. The summed E-state index contributed by atoms with van der Waals surface area (Å²) in [5.41, 5.74) is 4.94. The first-order chi connectivity index (χ1) is 63.8. The summed E-state index contributed by atoms with van der Waals surface area (Å²) in [5.74, 6) is -7.44. The molecule has 2 saturated heterocycles. The van der Waals surface area contributed by atoms with E-state index in [9.17, 15) is 57.5 Å². The molecule has 5 atom stereocenters. The van der Waals surface area contributed by atoms with Crippen LogP contribution in [0.2, 0.25) is 0 Å². The molecule has 12 aromatic carbocycles. The Morgan fingerprint density at radius 2 is 0.614 bits per heavy atom. The van der Waals surface area contributed by atoms with E-state index in [0.717, 1.165) is 41.9 Å². The topological polar surface area (TPSA) is 292 Å². The number of nitrogens with zero attached hydrogens (tertiary/aromatic N) is 4.